The fraction of sp³-hybridized carbons (Fsp3) is 0.438. The first-order valence-electron chi connectivity index (χ1n) is 8.08. The van der Waals surface area contributed by atoms with Crippen LogP contribution in [0.4, 0.5) is 0 Å². The summed E-state index contributed by atoms with van der Waals surface area (Å²) in [7, 11) is 0. The molecular formula is C16H20Cl2N6O2. The van der Waals surface area contributed by atoms with Crippen molar-refractivity contribution >= 4 is 29.1 Å². The number of amides is 1. The fourth-order valence-corrected chi connectivity index (χ4v) is 2.58. The first-order valence-corrected chi connectivity index (χ1v) is 8.83. The molecular weight excluding hydrogens is 379 g/mol. The molecule has 8 nitrogen and oxygen atoms in total. The molecule has 0 bridgehead atoms. The van der Waals surface area contributed by atoms with Gasteiger partial charge in [-0.15, -0.1) is 0 Å². The van der Waals surface area contributed by atoms with Crippen LogP contribution < -0.4 is 11.1 Å². The van der Waals surface area contributed by atoms with Crippen molar-refractivity contribution in [2.75, 3.05) is 13.2 Å². The SMILES string of the molecule is NCc1nccnc1Cl.O=C(NCc1nccnc1Cl)C1CCOCC1. The lowest BCUT2D eigenvalue weighted by Gasteiger charge is -2.21. The van der Waals surface area contributed by atoms with E-state index in [1.165, 1.54) is 12.4 Å². The Labute approximate surface area is 161 Å². The molecule has 3 heterocycles. The van der Waals surface area contributed by atoms with Crippen LogP contribution in [0.5, 0.6) is 0 Å². The molecule has 1 fully saturated rings. The summed E-state index contributed by atoms with van der Waals surface area (Å²) in [4.78, 5) is 27.4. The molecule has 0 spiro atoms. The van der Waals surface area contributed by atoms with Crippen LogP contribution in [0, 0.1) is 5.92 Å². The number of halogens is 2. The molecule has 1 aliphatic rings. The van der Waals surface area contributed by atoms with Crippen molar-refractivity contribution < 1.29 is 9.53 Å². The Hall–Kier alpha value is -1.87. The minimum absolute atomic E-state index is 0.0371. The van der Waals surface area contributed by atoms with Crippen molar-refractivity contribution in [1.29, 1.82) is 0 Å². The van der Waals surface area contributed by atoms with Gasteiger partial charge in [0.15, 0.2) is 10.3 Å². The molecule has 0 saturated carbocycles. The molecule has 3 N–H and O–H groups in total. The molecule has 0 aliphatic carbocycles. The summed E-state index contributed by atoms with van der Waals surface area (Å²) in [5.74, 6) is 0.0780. The number of aromatic nitrogens is 4. The van der Waals surface area contributed by atoms with E-state index >= 15 is 0 Å². The van der Waals surface area contributed by atoms with Crippen LogP contribution in [0.1, 0.15) is 24.2 Å². The van der Waals surface area contributed by atoms with E-state index in [1.54, 1.807) is 12.4 Å². The maximum Gasteiger partial charge on any atom is 0.223 e. The lowest BCUT2D eigenvalue weighted by Crippen LogP contribution is -2.34. The van der Waals surface area contributed by atoms with Crippen LogP contribution in [0.2, 0.25) is 10.3 Å². The highest BCUT2D eigenvalue weighted by molar-refractivity contribution is 6.30. The second-order valence-electron chi connectivity index (χ2n) is 5.40. The Bertz CT molecular complexity index is 713. The number of nitrogens with one attached hydrogen (secondary N) is 1. The van der Waals surface area contributed by atoms with Gasteiger partial charge >= 0.3 is 0 Å². The predicted molar refractivity (Wildman–Crippen MR) is 97.4 cm³/mol. The third kappa shape index (κ3) is 6.45. The topological polar surface area (TPSA) is 116 Å². The number of nitrogens with zero attached hydrogens (tertiary/aromatic N) is 4. The van der Waals surface area contributed by atoms with Gasteiger partial charge in [0.1, 0.15) is 0 Å². The van der Waals surface area contributed by atoms with Gasteiger partial charge in [0.25, 0.3) is 0 Å². The van der Waals surface area contributed by atoms with Gasteiger partial charge in [0.2, 0.25) is 5.91 Å². The summed E-state index contributed by atoms with van der Waals surface area (Å²) >= 11 is 11.4. The first-order chi connectivity index (χ1) is 12.6. The van der Waals surface area contributed by atoms with E-state index < -0.39 is 0 Å². The highest BCUT2D eigenvalue weighted by atomic mass is 35.5. The van der Waals surface area contributed by atoms with E-state index in [0.717, 1.165) is 12.8 Å². The quantitative estimate of drug-likeness (QED) is 0.805. The summed E-state index contributed by atoms with van der Waals surface area (Å²) in [6, 6.07) is 0. The number of carbonyl (C=O) groups is 1. The lowest BCUT2D eigenvalue weighted by atomic mass is 9.99. The first kappa shape index (κ1) is 20.4. The second-order valence-corrected chi connectivity index (χ2v) is 6.11. The Balaban J connectivity index is 0.000000228. The molecule has 0 aromatic carbocycles. The average molecular weight is 399 g/mol. The zero-order chi connectivity index (χ0) is 18.8. The summed E-state index contributed by atoms with van der Waals surface area (Å²) in [5, 5.41) is 3.55. The van der Waals surface area contributed by atoms with E-state index in [0.29, 0.717) is 48.0 Å². The van der Waals surface area contributed by atoms with Crippen molar-refractivity contribution in [2.24, 2.45) is 11.7 Å². The number of nitrogens with two attached hydrogens (primary N) is 1. The molecule has 2 aromatic heterocycles. The van der Waals surface area contributed by atoms with Crippen molar-refractivity contribution in [2.45, 2.75) is 25.9 Å². The van der Waals surface area contributed by atoms with Crippen molar-refractivity contribution in [3.8, 4) is 0 Å². The van der Waals surface area contributed by atoms with Crippen LogP contribution in [-0.2, 0) is 22.6 Å². The monoisotopic (exact) mass is 398 g/mol. The lowest BCUT2D eigenvalue weighted by molar-refractivity contribution is -0.128. The second kappa shape index (κ2) is 11.0. The predicted octanol–water partition coefficient (Wildman–Crippen LogP) is 1.76. The molecule has 3 rings (SSSR count). The van der Waals surface area contributed by atoms with Crippen LogP contribution in [-0.4, -0.2) is 39.1 Å². The smallest absolute Gasteiger partial charge is 0.223 e. The number of ether oxygens (including phenoxy) is 1. The minimum atomic E-state index is 0.0371. The maximum absolute atomic E-state index is 11.8. The summed E-state index contributed by atoms with van der Waals surface area (Å²) < 4.78 is 5.21. The average Bonchev–Trinajstić information content (AvgIpc) is 2.69. The van der Waals surface area contributed by atoms with Crippen LogP contribution in [0.3, 0.4) is 0 Å². The molecule has 10 heteroatoms. The molecule has 1 amide bonds. The van der Waals surface area contributed by atoms with Crippen molar-refractivity contribution in [1.82, 2.24) is 25.3 Å². The normalized spacial score (nSPS) is 14.3. The summed E-state index contributed by atoms with van der Waals surface area (Å²) in [5.41, 5.74) is 6.49. The molecule has 0 atom stereocenters. The molecule has 0 radical (unpaired) electrons. The fourth-order valence-electron chi connectivity index (χ4n) is 2.23. The molecule has 140 valence electrons. The van der Waals surface area contributed by atoms with Gasteiger partial charge in [-0.25, -0.2) is 9.97 Å². The van der Waals surface area contributed by atoms with Gasteiger partial charge in [0.05, 0.1) is 17.9 Å². The molecule has 0 unspecified atom stereocenters. The minimum Gasteiger partial charge on any atom is -0.381 e. The van der Waals surface area contributed by atoms with E-state index in [2.05, 4.69) is 25.3 Å². The van der Waals surface area contributed by atoms with Gasteiger partial charge in [0, 0.05) is 50.5 Å². The van der Waals surface area contributed by atoms with Crippen LogP contribution in [0.25, 0.3) is 0 Å². The Morgan fingerprint density at radius 2 is 1.58 bits per heavy atom. The van der Waals surface area contributed by atoms with Gasteiger partial charge in [-0.05, 0) is 12.8 Å². The van der Waals surface area contributed by atoms with Crippen LogP contribution in [0.15, 0.2) is 24.8 Å². The number of carbonyl (C=O) groups excluding carboxylic acids is 1. The standard InChI is InChI=1S/C11H14ClN3O2.C5H6ClN3/c12-10-9(13-3-4-14-10)7-15-11(16)8-1-5-17-6-2-8;6-5-4(3-7)8-1-2-9-5/h3-4,8H,1-2,5-7H2,(H,15,16);1-2H,3,7H2. The van der Waals surface area contributed by atoms with Gasteiger partial charge in [-0.3, -0.25) is 14.8 Å². The summed E-state index contributed by atoms with van der Waals surface area (Å²) in [6.07, 6.45) is 7.73. The van der Waals surface area contributed by atoms with E-state index in [9.17, 15) is 4.79 Å². The maximum atomic E-state index is 11.8. The largest absolute Gasteiger partial charge is 0.381 e. The molecule has 26 heavy (non-hydrogen) atoms. The number of hydrogen-bond donors (Lipinski definition) is 2. The number of hydrogen-bond acceptors (Lipinski definition) is 7. The van der Waals surface area contributed by atoms with Crippen molar-refractivity contribution in [3.05, 3.63) is 46.5 Å². The Morgan fingerprint density at radius 3 is 2.08 bits per heavy atom. The molecule has 2 aromatic rings. The Kier molecular flexibility index (Phi) is 8.63. The Morgan fingerprint density at radius 1 is 1.04 bits per heavy atom. The van der Waals surface area contributed by atoms with E-state index in [-0.39, 0.29) is 11.8 Å². The van der Waals surface area contributed by atoms with Gasteiger partial charge < -0.3 is 15.8 Å². The zero-order valence-corrected chi connectivity index (χ0v) is 15.6. The zero-order valence-electron chi connectivity index (χ0n) is 14.1. The van der Waals surface area contributed by atoms with E-state index in [1.807, 2.05) is 0 Å². The van der Waals surface area contributed by atoms with Crippen LogP contribution >= 0.6 is 23.2 Å². The summed E-state index contributed by atoms with van der Waals surface area (Å²) in [6.45, 7) is 1.98. The highest BCUT2D eigenvalue weighted by Gasteiger charge is 2.21. The molecule has 1 saturated heterocycles. The number of rotatable bonds is 4. The third-order valence-electron chi connectivity index (χ3n) is 3.66. The third-order valence-corrected chi connectivity index (χ3v) is 4.29. The van der Waals surface area contributed by atoms with E-state index in [4.69, 9.17) is 33.7 Å². The van der Waals surface area contributed by atoms with Crippen molar-refractivity contribution in [3.63, 3.8) is 0 Å². The van der Waals surface area contributed by atoms with Gasteiger partial charge in [-0.2, -0.15) is 0 Å². The highest BCUT2D eigenvalue weighted by Crippen LogP contribution is 2.15. The molecule has 1 aliphatic heterocycles. The van der Waals surface area contributed by atoms with Gasteiger partial charge in [-0.1, -0.05) is 23.2 Å².